The molecule has 0 radical (unpaired) electrons. The van der Waals surface area contributed by atoms with Gasteiger partial charge in [-0.1, -0.05) is 32.9 Å². The average Bonchev–Trinajstić information content (AvgIpc) is 2.30. The Morgan fingerprint density at radius 1 is 1.21 bits per heavy atom. The van der Waals surface area contributed by atoms with Crippen molar-refractivity contribution in [3.63, 3.8) is 0 Å². The zero-order valence-corrected chi connectivity index (χ0v) is 11.6. The Morgan fingerprint density at radius 3 is 2.32 bits per heavy atom. The second kappa shape index (κ2) is 5.82. The first-order valence-electron chi connectivity index (χ1n) is 6.08. The largest absolute Gasteiger partial charge is 0.344 e. The van der Waals surface area contributed by atoms with E-state index in [4.69, 9.17) is 0 Å². The summed E-state index contributed by atoms with van der Waals surface area (Å²) in [7, 11) is 0. The van der Waals surface area contributed by atoms with E-state index in [1.807, 2.05) is 0 Å². The van der Waals surface area contributed by atoms with Crippen molar-refractivity contribution in [1.82, 2.24) is 5.32 Å². The third-order valence-corrected chi connectivity index (χ3v) is 2.55. The minimum Gasteiger partial charge on any atom is -0.344 e. The summed E-state index contributed by atoms with van der Waals surface area (Å²) < 4.78 is 13.4. The number of carbonyl (C=O) groups excluding carboxylic acids is 2. The summed E-state index contributed by atoms with van der Waals surface area (Å²) in [6.45, 7) is 6.82. The maximum atomic E-state index is 13.4. The van der Waals surface area contributed by atoms with Gasteiger partial charge in [0.05, 0.1) is 5.69 Å². The lowest BCUT2D eigenvalue weighted by Gasteiger charge is -2.21. The Balaban J connectivity index is 2.64. The molecule has 104 valence electrons. The van der Waals surface area contributed by atoms with Crippen molar-refractivity contribution in [2.45, 2.75) is 33.7 Å². The molecule has 0 unspecified atom stereocenters. The lowest BCUT2D eigenvalue weighted by Crippen LogP contribution is -2.46. The van der Waals surface area contributed by atoms with Crippen LogP contribution in [0.2, 0.25) is 0 Å². The molecule has 1 atom stereocenters. The van der Waals surface area contributed by atoms with Gasteiger partial charge in [0.25, 0.3) is 0 Å². The van der Waals surface area contributed by atoms with Gasteiger partial charge in [0.15, 0.2) is 0 Å². The van der Waals surface area contributed by atoms with Crippen LogP contribution in [0.1, 0.15) is 27.7 Å². The first-order valence-corrected chi connectivity index (χ1v) is 6.08. The van der Waals surface area contributed by atoms with Crippen molar-refractivity contribution < 1.29 is 14.0 Å². The van der Waals surface area contributed by atoms with Gasteiger partial charge in [-0.2, -0.15) is 0 Å². The van der Waals surface area contributed by atoms with Crippen molar-refractivity contribution in [1.29, 1.82) is 0 Å². The molecule has 1 aromatic carbocycles. The molecule has 0 aliphatic carbocycles. The zero-order valence-electron chi connectivity index (χ0n) is 11.6. The fraction of sp³-hybridized carbons (Fsp3) is 0.429. The van der Waals surface area contributed by atoms with Gasteiger partial charge in [0.2, 0.25) is 11.8 Å². The van der Waals surface area contributed by atoms with Gasteiger partial charge < -0.3 is 10.6 Å². The van der Waals surface area contributed by atoms with Crippen LogP contribution in [0.4, 0.5) is 10.1 Å². The highest BCUT2D eigenvalue weighted by Gasteiger charge is 2.25. The van der Waals surface area contributed by atoms with Gasteiger partial charge in [-0.3, -0.25) is 9.59 Å². The van der Waals surface area contributed by atoms with Gasteiger partial charge in [0.1, 0.15) is 11.9 Å². The van der Waals surface area contributed by atoms with Gasteiger partial charge >= 0.3 is 0 Å². The highest BCUT2D eigenvalue weighted by molar-refractivity contribution is 5.97. The highest BCUT2D eigenvalue weighted by Crippen LogP contribution is 2.14. The Hall–Kier alpha value is -1.91. The molecule has 0 heterocycles. The summed E-state index contributed by atoms with van der Waals surface area (Å²) >= 11 is 0. The van der Waals surface area contributed by atoms with Gasteiger partial charge in [-0.05, 0) is 19.1 Å². The van der Waals surface area contributed by atoms with Crippen LogP contribution in [0.5, 0.6) is 0 Å². The number of carbonyl (C=O) groups is 2. The molecule has 0 aliphatic rings. The van der Waals surface area contributed by atoms with Crippen molar-refractivity contribution in [2.24, 2.45) is 5.41 Å². The molecule has 0 saturated heterocycles. The first kappa shape index (κ1) is 15.1. The summed E-state index contributed by atoms with van der Waals surface area (Å²) in [5, 5.41) is 5.02. The number of nitrogens with one attached hydrogen (secondary N) is 2. The molecule has 4 nitrogen and oxygen atoms in total. The molecule has 1 aromatic rings. The Kier molecular flexibility index (Phi) is 4.64. The summed E-state index contributed by atoms with van der Waals surface area (Å²) in [5.41, 5.74) is -0.476. The van der Waals surface area contributed by atoms with E-state index < -0.39 is 23.2 Å². The number of hydrogen-bond donors (Lipinski definition) is 2. The molecule has 2 amide bonds. The summed E-state index contributed by atoms with van der Waals surface area (Å²) in [6.07, 6.45) is 0. The number of anilines is 1. The molecule has 0 aromatic heterocycles. The number of amides is 2. The zero-order chi connectivity index (χ0) is 14.6. The molecule has 5 heteroatoms. The third-order valence-electron chi connectivity index (χ3n) is 2.55. The van der Waals surface area contributed by atoms with Gasteiger partial charge in [-0.25, -0.2) is 4.39 Å². The van der Waals surface area contributed by atoms with Crippen molar-refractivity contribution in [3.8, 4) is 0 Å². The predicted octanol–water partition coefficient (Wildman–Crippen LogP) is 2.32. The molecular weight excluding hydrogens is 247 g/mol. The normalized spacial score (nSPS) is 12.7. The molecule has 1 rings (SSSR count). The van der Waals surface area contributed by atoms with Crippen molar-refractivity contribution in [2.75, 3.05) is 5.32 Å². The second-order valence-corrected chi connectivity index (χ2v) is 5.41. The van der Waals surface area contributed by atoms with E-state index in [2.05, 4.69) is 10.6 Å². The Morgan fingerprint density at radius 2 is 1.79 bits per heavy atom. The number of halogens is 1. The standard InChI is InChI=1S/C14H19FN2O2/c1-9(16-13(19)14(2,3)4)12(18)17-11-8-6-5-7-10(11)15/h5-9H,1-4H3,(H,16,19)(H,17,18)/t9-/m1/s1. The summed E-state index contributed by atoms with van der Waals surface area (Å²) in [4.78, 5) is 23.6. The van der Waals surface area contributed by atoms with Crippen LogP contribution < -0.4 is 10.6 Å². The van der Waals surface area contributed by atoms with Crippen LogP contribution in [0.25, 0.3) is 0 Å². The fourth-order valence-corrected chi connectivity index (χ4v) is 1.28. The van der Waals surface area contributed by atoms with Crippen molar-refractivity contribution >= 4 is 17.5 Å². The van der Waals surface area contributed by atoms with E-state index in [-0.39, 0.29) is 11.6 Å². The van der Waals surface area contributed by atoms with Crippen LogP contribution in [-0.4, -0.2) is 17.9 Å². The molecule has 0 bridgehead atoms. The number of para-hydroxylation sites is 1. The molecular formula is C14H19FN2O2. The summed E-state index contributed by atoms with van der Waals surface area (Å²) in [6, 6.07) is 5.15. The molecule has 2 N–H and O–H groups in total. The third kappa shape index (κ3) is 4.35. The fourth-order valence-electron chi connectivity index (χ4n) is 1.28. The smallest absolute Gasteiger partial charge is 0.246 e. The minimum absolute atomic E-state index is 0.101. The van der Waals surface area contributed by atoms with Gasteiger partial charge in [-0.15, -0.1) is 0 Å². The maximum Gasteiger partial charge on any atom is 0.246 e. The van der Waals surface area contributed by atoms with Crippen molar-refractivity contribution in [3.05, 3.63) is 30.1 Å². The van der Waals surface area contributed by atoms with E-state index in [0.717, 1.165) is 0 Å². The Bertz CT molecular complexity index is 481. The number of rotatable bonds is 3. The molecule has 0 spiro atoms. The monoisotopic (exact) mass is 266 g/mol. The molecule has 0 aliphatic heterocycles. The lowest BCUT2D eigenvalue weighted by molar-refractivity contribution is -0.131. The Labute approximate surface area is 112 Å². The van der Waals surface area contributed by atoms with Crippen LogP contribution >= 0.6 is 0 Å². The molecule has 0 saturated carbocycles. The van der Waals surface area contributed by atoms with E-state index in [0.29, 0.717) is 0 Å². The number of hydrogen-bond acceptors (Lipinski definition) is 2. The average molecular weight is 266 g/mol. The molecule has 0 fully saturated rings. The van der Waals surface area contributed by atoms with Crippen LogP contribution in [0.15, 0.2) is 24.3 Å². The van der Waals surface area contributed by atoms with E-state index >= 15 is 0 Å². The van der Waals surface area contributed by atoms with Crippen LogP contribution in [-0.2, 0) is 9.59 Å². The topological polar surface area (TPSA) is 58.2 Å². The quantitative estimate of drug-likeness (QED) is 0.882. The van der Waals surface area contributed by atoms with E-state index in [1.165, 1.54) is 18.2 Å². The lowest BCUT2D eigenvalue weighted by atomic mass is 9.95. The predicted molar refractivity (Wildman–Crippen MR) is 72.1 cm³/mol. The number of benzene rings is 1. The van der Waals surface area contributed by atoms with E-state index in [1.54, 1.807) is 33.8 Å². The summed E-state index contributed by atoms with van der Waals surface area (Å²) in [5.74, 6) is -1.20. The van der Waals surface area contributed by atoms with Gasteiger partial charge in [0, 0.05) is 5.41 Å². The van der Waals surface area contributed by atoms with Crippen LogP contribution in [0.3, 0.4) is 0 Å². The SMILES string of the molecule is C[C@@H](NC(=O)C(C)(C)C)C(=O)Nc1ccccc1F. The molecule has 19 heavy (non-hydrogen) atoms. The maximum absolute atomic E-state index is 13.4. The second-order valence-electron chi connectivity index (χ2n) is 5.41. The first-order chi connectivity index (χ1) is 8.71. The minimum atomic E-state index is -0.730. The van der Waals surface area contributed by atoms with E-state index in [9.17, 15) is 14.0 Å². The highest BCUT2D eigenvalue weighted by atomic mass is 19.1. The van der Waals surface area contributed by atoms with Crippen LogP contribution in [0, 0.1) is 11.2 Å².